The largest absolute Gasteiger partial charge is 0.494 e. The summed E-state index contributed by atoms with van der Waals surface area (Å²) in [4.78, 5) is 26.0. The monoisotopic (exact) mass is 439 g/mol. The molecule has 3 aromatic rings. The second kappa shape index (κ2) is 9.58. The van der Waals surface area contributed by atoms with E-state index in [1.807, 2.05) is 36.4 Å². The quantitative estimate of drug-likeness (QED) is 0.547. The fourth-order valence-corrected chi connectivity index (χ4v) is 4.40. The van der Waals surface area contributed by atoms with Gasteiger partial charge in [-0.2, -0.15) is 5.26 Å². The molecule has 4 rings (SSSR count). The number of carbonyl (C=O) groups is 2. The van der Waals surface area contributed by atoms with Crippen molar-refractivity contribution in [3.63, 3.8) is 0 Å². The number of nitriles is 1. The molecule has 1 aliphatic carbocycles. The van der Waals surface area contributed by atoms with Gasteiger partial charge in [-0.15, -0.1) is 0 Å². The van der Waals surface area contributed by atoms with Crippen molar-refractivity contribution in [3.05, 3.63) is 89.5 Å². The standard InChI is InChI=1S/C27H25N3O3/c1-33-24-17-22(13-14-23(24)30-25(31)20-11-9-19(18-28)10-12-20)29-26(32)27(15-5-6-16-27)21-7-3-2-4-8-21/h2-4,7-14,17H,5-6,15-16H2,1H3,(H,29,32)(H,30,31). The highest BCUT2D eigenvalue weighted by atomic mass is 16.5. The van der Waals surface area contributed by atoms with Gasteiger partial charge in [0.15, 0.2) is 0 Å². The second-order valence-electron chi connectivity index (χ2n) is 8.17. The Kier molecular flexibility index (Phi) is 6.41. The van der Waals surface area contributed by atoms with E-state index in [2.05, 4.69) is 10.6 Å². The zero-order valence-electron chi connectivity index (χ0n) is 18.4. The van der Waals surface area contributed by atoms with Crippen LogP contribution in [0.2, 0.25) is 0 Å². The summed E-state index contributed by atoms with van der Waals surface area (Å²) in [5.41, 5.74) is 2.52. The summed E-state index contributed by atoms with van der Waals surface area (Å²) in [5, 5.41) is 14.8. The first-order valence-electron chi connectivity index (χ1n) is 10.9. The third-order valence-electron chi connectivity index (χ3n) is 6.20. The Bertz CT molecular complexity index is 1190. The number of methoxy groups -OCH3 is 1. The Labute approximate surface area is 193 Å². The first-order chi connectivity index (χ1) is 16.1. The van der Waals surface area contributed by atoms with E-state index in [1.165, 1.54) is 7.11 Å². The van der Waals surface area contributed by atoms with E-state index in [9.17, 15) is 9.59 Å². The average molecular weight is 440 g/mol. The molecule has 2 amide bonds. The highest BCUT2D eigenvalue weighted by Gasteiger charge is 2.42. The van der Waals surface area contributed by atoms with Crippen molar-refractivity contribution >= 4 is 23.2 Å². The summed E-state index contributed by atoms with van der Waals surface area (Å²) in [6.45, 7) is 0. The van der Waals surface area contributed by atoms with Gasteiger partial charge in [0.2, 0.25) is 5.91 Å². The molecule has 0 aromatic heterocycles. The maximum Gasteiger partial charge on any atom is 0.255 e. The van der Waals surface area contributed by atoms with E-state index >= 15 is 0 Å². The van der Waals surface area contributed by atoms with Crippen LogP contribution in [0.1, 0.15) is 47.2 Å². The van der Waals surface area contributed by atoms with Gasteiger partial charge >= 0.3 is 0 Å². The molecule has 1 fully saturated rings. The molecule has 2 N–H and O–H groups in total. The van der Waals surface area contributed by atoms with Gasteiger partial charge in [-0.05, 0) is 54.8 Å². The molecule has 1 aliphatic rings. The minimum Gasteiger partial charge on any atom is -0.494 e. The number of amides is 2. The van der Waals surface area contributed by atoms with Gasteiger partial charge in [-0.25, -0.2) is 0 Å². The van der Waals surface area contributed by atoms with Crippen molar-refractivity contribution in [2.45, 2.75) is 31.1 Å². The van der Waals surface area contributed by atoms with Gasteiger partial charge in [-0.1, -0.05) is 43.2 Å². The molecule has 0 atom stereocenters. The van der Waals surface area contributed by atoms with Crippen molar-refractivity contribution < 1.29 is 14.3 Å². The van der Waals surface area contributed by atoms with Crippen LogP contribution in [0.3, 0.4) is 0 Å². The van der Waals surface area contributed by atoms with Crippen LogP contribution in [0, 0.1) is 11.3 Å². The van der Waals surface area contributed by atoms with E-state index in [4.69, 9.17) is 10.00 Å². The van der Waals surface area contributed by atoms with Crippen LogP contribution < -0.4 is 15.4 Å². The van der Waals surface area contributed by atoms with Gasteiger partial charge in [0.05, 0.1) is 29.8 Å². The molecule has 0 aliphatic heterocycles. The number of hydrogen-bond acceptors (Lipinski definition) is 4. The van der Waals surface area contributed by atoms with Crippen molar-refractivity contribution in [1.29, 1.82) is 5.26 Å². The minimum atomic E-state index is -0.531. The Balaban J connectivity index is 1.52. The Morgan fingerprint density at radius 1 is 0.939 bits per heavy atom. The van der Waals surface area contributed by atoms with Gasteiger partial charge in [0, 0.05) is 17.3 Å². The van der Waals surface area contributed by atoms with Gasteiger partial charge < -0.3 is 15.4 Å². The zero-order valence-corrected chi connectivity index (χ0v) is 18.4. The molecule has 6 nitrogen and oxygen atoms in total. The Morgan fingerprint density at radius 2 is 1.64 bits per heavy atom. The predicted octanol–water partition coefficient (Wildman–Crippen LogP) is 5.27. The van der Waals surface area contributed by atoms with E-state index < -0.39 is 5.41 Å². The molecule has 33 heavy (non-hydrogen) atoms. The van der Waals surface area contributed by atoms with Crippen molar-refractivity contribution in [3.8, 4) is 11.8 Å². The first kappa shape index (κ1) is 22.1. The molecule has 3 aromatic carbocycles. The number of nitrogens with one attached hydrogen (secondary N) is 2. The molecule has 0 bridgehead atoms. The normalized spacial score (nSPS) is 14.2. The van der Waals surface area contributed by atoms with E-state index in [-0.39, 0.29) is 11.8 Å². The second-order valence-corrected chi connectivity index (χ2v) is 8.17. The highest BCUT2D eigenvalue weighted by Crippen LogP contribution is 2.42. The number of benzene rings is 3. The number of hydrogen-bond donors (Lipinski definition) is 2. The van der Waals surface area contributed by atoms with Crippen LogP contribution in [-0.4, -0.2) is 18.9 Å². The number of nitrogens with zero attached hydrogens (tertiary/aromatic N) is 1. The van der Waals surface area contributed by atoms with E-state index in [0.29, 0.717) is 28.3 Å². The fraction of sp³-hybridized carbons (Fsp3) is 0.222. The third kappa shape index (κ3) is 4.58. The van der Waals surface area contributed by atoms with Crippen LogP contribution in [0.15, 0.2) is 72.8 Å². The summed E-state index contributed by atoms with van der Waals surface area (Å²) in [5.74, 6) is 0.0983. The van der Waals surface area contributed by atoms with Crippen molar-refractivity contribution in [1.82, 2.24) is 0 Å². The van der Waals surface area contributed by atoms with Gasteiger partial charge in [-0.3, -0.25) is 9.59 Å². The van der Waals surface area contributed by atoms with E-state index in [0.717, 1.165) is 31.2 Å². The lowest BCUT2D eigenvalue weighted by Gasteiger charge is -2.28. The molecule has 0 heterocycles. The molecule has 0 saturated heterocycles. The SMILES string of the molecule is COc1cc(NC(=O)C2(c3ccccc3)CCCC2)ccc1NC(=O)c1ccc(C#N)cc1. The lowest BCUT2D eigenvalue weighted by atomic mass is 9.78. The number of anilines is 2. The predicted molar refractivity (Wildman–Crippen MR) is 127 cm³/mol. The molecule has 0 radical (unpaired) electrons. The number of ether oxygens (including phenoxy) is 1. The maximum absolute atomic E-state index is 13.4. The first-order valence-corrected chi connectivity index (χ1v) is 10.9. The maximum atomic E-state index is 13.4. The zero-order chi connectivity index (χ0) is 23.3. The fourth-order valence-electron chi connectivity index (χ4n) is 4.40. The highest BCUT2D eigenvalue weighted by molar-refractivity contribution is 6.05. The Hall–Kier alpha value is -4.11. The lowest BCUT2D eigenvalue weighted by Crippen LogP contribution is -2.37. The molecule has 0 unspecified atom stereocenters. The smallest absolute Gasteiger partial charge is 0.255 e. The molecule has 6 heteroatoms. The van der Waals surface area contributed by atoms with Gasteiger partial charge in [0.1, 0.15) is 5.75 Å². The van der Waals surface area contributed by atoms with Crippen LogP contribution in [-0.2, 0) is 10.2 Å². The van der Waals surface area contributed by atoms with Crippen molar-refractivity contribution in [2.24, 2.45) is 0 Å². The summed E-state index contributed by atoms with van der Waals surface area (Å²) >= 11 is 0. The average Bonchev–Trinajstić information content (AvgIpc) is 3.37. The van der Waals surface area contributed by atoms with Crippen LogP contribution in [0.5, 0.6) is 5.75 Å². The van der Waals surface area contributed by atoms with Crippen LogP contribution in [0.4, 0.5) is 11.4 Å². The minimum absolute atomic E-state index is 0.0254. The Morgan fingerprint density at radius 3 is 2.27 bits per heavy atom. The summed E-state index contributed by atoms with van der Waals surface area (Å²) in [6, 6.07) is 23.5. The third-order valence-corrected chi connectivity index (χ3v) is 6.20. The topological polar surface area (TPSA) is 91.2 Å². The number of carbonyl (C=O) groups excluding carboxylic acids is 2. The van der Waals surface area contributed by atoms with E-state index in [1.54, 1.807) is 42.5 Å². The molecule has 0 spiro atoms. The molecule has 1 saturated carbocycles. The lowest BCUT2D eigenvalue weighted by molar-refractivity contribution is -0.121. The van der Waals surface area contributed by atoms with Gasteiger partial charge in [0.25, 0.3) is 5.91 Å². The number of rotatable bonds is 6. The summed E-state index contributed by atoms with van der Waals surface area (Å²) in [6.07, 6.45) is 3.68. The van der Waals surface area contributed by atoms with Crippen LogP contribution in [0.25, 0.3) is 0 Å². The summed E-state index contributed by atoms with van der Waals surface area (Å²) in [7, 11) is 1.51. The molecule has 166 valence electrons. The van der Waals surface area contributed by atoms with Crippen molar-refractivity contribution in [2.75, 3.05) is 17.7 Å². The van der Waals surface area contributed by atoms with Crippen LogP contribution >= 0.6 is 0 Å². The molecular weight excluding hydrogens is 414 g/mol. The molecular formula is C27H25N3O3. The summed E-state index contributed by atoms with van der Waals surface area (Å²) < 4.78 is 5.47.